The lowest BCUT2D eigenvalue weighted by Crippen LogP contribution is -2.13. The van der Waals surface area contributed by atoms with Crippen molar-refractivity contribution < 1.29 is 9.18 Å². The first-order valence-corrected chi connectivity index (χ1v) is 6.88. The van der Waals surface area contributed by atoms with E-state index in [1.807, 2.05) is 0 Å². The summed E-state index contributed by atoms with van der Waals surface area (Å²) in [6.07, 6.45) is 0. The molecule has 0 atom stereocenters. The second kappa shape index (κ2) is 5.71. The lowest BCUT2D eigenvalue weighted by atomic mass is 10.2. The van der Waals surface area contributed by atoms with Crippen LogP contribution < -0.4 is 11.1 Å². The summed E-state index contributed by atoms with van der Waals surface area (Å²) in [6.45, 7) is 0. The number of benzene rings is 2. The number of anilines is 2. The Morgan fingerprint density at radius 2 is 1.95 bits per heavy atom. The van der Waals surface area contributed by atoms with Crippen molar-refractivity contribution in [1.29, 1.82) is 0 Å². The number of nitrogens with one attached hydrogen (secondary N) is 1. The standard InChI is InChI=1S/C13H9Br2FN2O/c14-9-5-4-7(17)6-11(9)18-13(19)8-2-1-3-10(16)12(8)15/h1-6H,17H2,(H,18,19). The zero-order valence-corrected chi connectivity index (χ0v) is 12.8. The summed E-state index contributed by atoms with van der Waals surface area (Å²) < 4.78 is 14.2. The summed E-state index contributed by atoms with van der Waals surface area (Å²) >= 11 is 6.36. The smallest absolute Gasteiger partial charge is 0.256 e. The highest BCUT2D eigenvalue weighted by Crippen LogP contribution is 2.27. The third-order valence-corrected chi connectivity index (χ3v) is 3.93. The molecule has 19 heavy (non-hydrogen) atoms. The number of carbonyl (C=O) groups excluding carboxylic acids is 1. The molecule has 0 spiro atoms. The van der Waals surface area contributed by atoms with Crippen LogP contribution in [0.15, 0.2) is 45.3 Å². The molecule has 2 aromatic carbocycles. The number of amides is 1. The third-order valence-electron chi connectivity index (χ3n) is 2.43. The summed E-state index contributed by atoms with van der Waals surface area (Å²) in [5.74, 6) is -0.906. The molecule has 0 bridgehead atoms. The van der Waals surface area contributed by atoms with E-state index in [0.29, 0.717) is 15.8 Å². The molecule has 0 saturated heterocycles. The van der Waals surface area contributed by atoms with Gasteiger partial charge in [0.15, 0.2) is 0 Å². The number of hydrogen-bond donors (Lipinski definition) is 2. The topological polar surface area (TPSA) is 55.1 Å². The van der Waals surface area contributed by atoms with E-state index in [1.54, 1.807) is 18.2 Å². The number of carbonyl (C=O) groups is 1. The molecule has 0 unspecified atom stereocenters. The van der Waals surface area contributed by atoms with Crippen LogP contribution in [-0.4, -0.2) is 5.91 Å². The van der Waals surface area contributed by atoms with Crippen LogP contribution in [0.3, 0.4) is 0 Å². The zero-order valence-electron chi connectivity index (χ0n) is 9.58. The highest BCUT2D eigenvalue weighted by atomic mass is 79.9. The zero-order chi connectivity index (χ0) is 14.0. The lowest BCUT2D eigenvalue weighted by molar-refractivity contribution is 0.102. The Bertz CT molecular complexity index is 647. The molecule has 3 nitrogen and oxygen atoms in total. The summed E-state index contributed by atoms with van der Waals surface area (Å²) in [7, 11) is 0. The second-order valence-corrected chi connectivity index (χ2v) is 5.44. The van der Waals surface area contributed by atoms with Crippen LogP contribution in [0.25, 0.3) is 0 Å². The molecular weight excluding hydrogens is 379 g/mol. The van der Waals surface area contributed by atoms with Crippen LogP contribution in [0, 0.1) is 5.82 Å². The van der Waals surface area contributed by atoms with Crippen LogP contribution >= 0.6 is 31.9 Å². The number of hydrogen-bond acceptors (Lipinski definition) is 2. The fraction of sp³-hybridized carbons (Fsp3) is 0. The maximum Gasteiger partial charge on any atom is 0.256 e. The molecule has 0 heterocycles. The highest BCUT2D eigenvalue weighted by Gasteiger charge is 2.14. The molecule has 2 aromatic rings. The first-order valence-electron chi connectivity index (χ1n) is 5.29. The molecule has 0 aliphatic carbocycles. The van der Waals surface area contributed by atoms with Crippen molar-refractivity contribution >= 4 is 49.1 Å². The van der Waals surface area contributed by atoms with Crippen molar-refractivity contribution in [1.82, 2.24) is 0 Å². The predicted octanol–water partition coefficient (Wildman–Crippen LogP) is 4.19. The lowest BCUT2D eigenvalue weighted by Gasteiger charge is -2.09. The Labute approximate surface area is 126 Å². The first kappa shape index (κ1) is 14.0. The number of nitrogen functional groups attached to an aromatic ring is 1. The van der Waals surface area contributed by atoms with E-state index in [2.05, 4.69) is 37.2 Å². The van der Waals surface area contributed by atoms with E-state index in [4.69, 9.17) is 5.73 Å². The molecule has 98 valence electrons. The minimum absolute atomic E-state index is 0.132. The SMILES string of the molecule is Nc1ccc(Br)c(NC(=O)c2cccc(F)c2Br)c1. The van der Waals surface area contributed by atoms with E-state index in [-0.39, 0.29) is 10.0 Å². The van der Waals surface area contributed by atoms with Gasteiger partial charge in [0.2, 0.25) is 0 Å². The van der Waals surface area contributed by atoms with Gasteiger partial charge >= 0.3 is 0 Å². The van der Waals surface area contributed by atoms with E-state index in [1.165, 1.54) is 18.2 Å². The van der Waals surface area contributed by atoms with Crippen LogP contribution in [0.2, 0.25) is 0 Å². The molecule has 2 rings (SSSR count). The number of rotatable bonds is 2. The Kier molecular flexibility index (Phi) is 4.21. The molecule has 6 heteroatoms. The Balaban J connectivity index is 2.31. The average molecular weight is 388 g/mol. The quantitative estimate of drug-likeness (QED) is 0.759. The van der Waals surface area contributed by atoms with Gasteiger partial charge in [-0.3, -0.25) is 4.79 Å². The molecule has 3 N–H and O–H groups in total. The summed E-state index contributed by atoms with van der Waals surface area (Å²) in [5, 5.41) is 2.67. The predicted molar refractivity (Wildman–Crippen MR) is 80.6 cm³/mol. The van der Waals surface area contributed by atoms with E-state index >= 15 is 0 Å². The second-order valence-electron chi connectivity index (χ2n) is 3.79. The van der Waals surface area contributed by atoms with Gasteiger partial charge in [-0.05, 0) is 62.2 Å². The molecule has 1 amide bonds. The van der Waals surface area contributed by atoms with Crippen molar-refractivity contribution in [2.24, 2.45) is 0 Å². The van der Waals surface area contributed by atoms with Gasteiger partial charge in [-0.1, -0.05) is 6.07 Å². The van der Waals surface area contributed by atoms with E-state index in [0.717, 1.165) is 0 Å². The normalized spacial score (nSPS) is 10.3. The maximum atomic E-state index is 13.4. The van der Waals surface area contributed by atoms with Gasteiger partial charge in [0.25, 0.3) is 5.91 Å². The van der Waals surface area contributed by atoms with Gasteiger partial charge in [0.1, 0.15) is 5.82 Å². The molecule has 0 radical (unpaired) electrons. The summed E-state index contributed by atoms with van der Waals surface area (Å²) in [4.78, 5) is 12.1. The number of halogens is 3. The van der Waals surface area contributed by atoms with Crippen molar-refractivity contribution in [3.8, 4) is 0 Å². The molecule has 0 aliphatic rings. The average Bonchev–Trinajstić information content (AvgIpc) is 2.37. The minimum Gasteiger partial charge on any atom is -0.399 e. The van der Waals surface area contributed by atoms with Gasteiger partial charge in [0.05, 0.1) is 15.7 Å². The van der Waals surface area contributed by atoms with Crippen LogP contribution in [0.1, 0.15) is 10.4 Å². The third kappa shape index (κ3) is 3.13. The van der Waals surface area contributed by atoms with Crippen molar-refractivity contribution in [3.05, 3.63) is 56.7 Å². The first-order chi connectivity index (χ1) is 8.99. The van der Waals surface area contributed by atoms with Crippen molar-refractivity contribution in [3.63, 3.8) is 0 Å². The summed E-state index contributed by atoms with van der Waals surface area (Å²) in [6, 6.07) is 9.34. The van der Waals surface area contributed by atoms with Gasteiger partial charge in [-0.25, -0.2) is 4.39 Å². The minimum atomic E-state index is -0.487. The van der Waals surface area contributed by atoms with Gasteiger partial charge in [-0.2, -0.15) is 0 Å². The van der Waals surface area contributed by atoms with E-state index < -0.39 is 11.7 Å². The van der Waals surface area contributed by atoms with Gasteiger partial charge in [-0.15, -0.1) is 0 Å². The van der Waals surface area contributed by atoms with Gasteiger partial charge in [0, 0.05) is 10.2 Å². The Morgan fingerprint density at radius 3 is 2.68 bits per heavy atom. The highest BCUT2D eigenvalue weighted by molar-refractivity contribution is 9.11. The van der Waals surface area contributed by atoms with Crippen LogP contribution in [0.5, 0.6) is 0 Å². The monoisotopic (exact) mass is 386 g/mol. The molecule has 0 aliphatic heterocycles. The summed E-state index contributed by atoms with van der Waals surface area (Å²) in [5.41, 5.74) is 6.93. The fourth-order valence-corrected chi connectivity index (χ4v) is 2.30. The largest absolute Gasteiger partial charge is 0.399 e. The van der Waals surface area contributed by atoms with E-state index in [9.17, 15) is 9.18 Å². The fourth-order valence-electron chi connectivity index (χ4n) is 1.51. The molecule has 0 saturated carbocycles. The van der Waals surface area contributed by atoms with Crippen LogP contribution in [0.4, 0.5) is 15.8 Å². The molecular formula is C13H9Br2FN2O. The van der Waals surface area contributed by atoms with Gasteiger partial charge < -0.3 is 11.1 Å². The van der Waals surface area contributed by atoms with Crippen LogP contribution in [-0.2, 0) is 0 Å². The van der Waals surface area contributed by atoms with Crippen molar-refractivity contribution in [2.45, 2.75) is 0 Å². The van der Waals surface area contributed by atoms with Crippen molar-refractivity contribution in [2.75, 3.05) is 11.1 Å². The number of nitrogens with two attached hydrogens (primary N) is 1. The molecule has 0 fully saturated rings. The Morgan fingerprint density at radius 1 is 1.21 bits per heavy atom. The molecule has 0 aromatic heterocycles. The Hall–Kier alpha value is -1.40. The maximum absolute atomic E-state index is 13.4.